The van der Waals surface area contributed by atoms with Crippen molar-refractivity contribution in [1.29, 1.82) is 0 Å². The molecule has 3 nitrogen and oxygen atoms in total. The Morgan fingerprint density at radius 2 is 1.78 bits per heavy atom. The quantitative estimate of drug-likeness (QED) is 0.834. The third-order valence-corrected chi connectivity index (χ3v) is 4.68. The van der Waals surface area contributed by atoms with Crippen LogP contribution in [0.2, 0.25) is 0 Å². The number of amides is 1. The minimum Gasteiger partial charge on any atom is -0.341 e. The first kappa shape index (κ1) is 13.9. The molecule has 1 saturated heterocycles. The summed E-state index contributed by atoms with van der Waals surface area (Å²) in [6, 6.07) is -0.0122. The van der Waals surface area contributed by atoms with Crippen molar-refractivity contribution in [3.63, 3.8) is 0 Å². The summed E-state index contributed by atoms with van der Waals surface area (Å²) in [4.78, 5) is 14.2. The number of likely N-dealkylation sites (tertiary alicyclic amines) is 1. The molecule has 1 unspecified atom stereocenters. The summed E-state index contributed by atoms with van der Waals surface area (Å²) in [5.74, 6) is 0.298. The van der Waals surface area contributed by atoms with Crippen molar-refractivity contribution in [1.82, 2.24) is 10.2 Å². The molecule has 0 aromatic heterocycles. The van der Waals surface area contributed by atoms with Gasteiger partial charge in [-0.25, -0.2) is 0 Å². The number of nitrogens with zero attached hydrogens (tertiary/aromatic N) is 1. The molecule has 1 aliphatic heterocycles. The van der Waals surface area contributed by atoms with Gasteiger partial charge in [0.1, 0.15) is 0 Å². The van der Waals surface area contributed by atoms with Crippen LogP contribution in [0.4, 0.5) is 0 Å². The molecule has 18 heavy (non-hydrogen) atoms. The molecule has 3 heteroatoms. The number of hydrogen-bond acceptors (Lipinski definition) is 2. The first-order valence-corrected chi connectivity index (χ1v) is 7.63. The van der Waals surface area contributed by atoms with Crippen molar-refractivity contribution in [2.45, 2.75) is 64.8 Å². The number of rotatable bonds is 4. The zero-order valence-corrected chi connectivity index (χ0v) is 12.0. The van der Waals surface area contributed by atoms with E-state index in [0.29, 0.717) is 11.3 Å². The maximum atomic E-state index is 12.2. The van der Waals surface area contributed by atoms with Crippen LogP contribution in [0.25, 0.3) is 0 Å². The smallest absolute Gasteiger partial charge is 0.239 e. The Balaban J connectivity index is 1.76. The molecule has 0 aromatic rings. The van der Waals surface area contributed by atoms with Crippen LogP contribution < -0.4 is 5.32 Å². The van der Waals surface area contributed by atoms with Crippen molar-refractivity contribution in [2.24, 2.45) is 5.41 Å². The van der Waals surface area contributed by atoms with Crippen LogP contribution >= 0.6 is 0 Å². The minimum absolute atomic E-state index is 0.0122. The number of nitrogens with one attached hydrogen (secondary N) is 1. The van der Waals surface area contributed by atoms with Gasteiger partial charge in [-0.15, -0.1) is 0 Å². The van der Waals surface area contributed by atoms with Crippen LogP contribution in [0.3, 0.4) is 0 Å². The van der Waals surface area contributed by atoms with Crippen molar-refractivity contribution >= 4 is 5.91 Å². The molecule has 2 rings (SSSR count). The zero-order valence-electron chi connectivity index (χ0n) is 12.0. The van der Waals surface area contributed by atoms with Gasteiger partial charge in [-0.3, -0.25) is 4.79 Å². The van der Waals surface area contributed by atoms with Crippen molar-refractivity contribution in [3.8, 4) is 0 Å². The van der Waals surface area contributed by atoms with Crippen molar-refractivity contribution in [2.75, 3.05) is 19.6 Å². The van der Waals surface area contributed by atoms with Crippen LogP contribution in [0, 0.1) is 5.41 Å². The lowest BCUT2D eigenvalue weighted by Crippen LogP contribution is -2.47. The summed E-state index contributed by atoms with van der Waals surface area (Å²) in [5.41, 5.74) is 0.414. The Morgan fingerprint density at radius 1 is 1.17 bits per heavy atom. The predicted molar refractivity (Wildman–Crippen MR) is 74.5 cm³/mol. The monoisotopic (exact) mass is 252 g/mol. The first-order valence-electron chi connectivity index (χ1n) is 7.63. The molecular formula is C15H28N2O. The lowest BCUT2D eigenvalue weighted by atomic mass is 9.75. The van der Waals surface area contributed by atoms with Crippen molar-refractivity contribution < 1.29 is 4.79 Å². The fraction of sp³-hybridized carbons (Fsp3) is 0.933. The van der Waals surface area contributed by atoms with E-state index in [0.717, 1.165) is 19.6 Å². The van der Waals surface area contributed by atoms with E-state index in [1.807, 2.05) is 11.8 Å². The van der Waals surface area contributed by atoms with Gasteiger partial charge in [0, 0.05) is 19.6 Å². The third-order valence-electron chi connectivity index (χ3n) is 4.68. The van der Waals surface area contributed by atoms with Gasteiger partial charge in [-0.05, 0) is 38.0 Å². The average Bonchev–Trinajstić information content (AvgIpc) is 2.90. The summed E-state index contributed by atoms with van der Waals surface area (Å²) < 4.78 is 0. The maximum absolute atomic E-state index is 12.2. The van der Waals surface area contributed by atoms with E-state index in [9.17, 15) is 4.79 Å². The fourth-order valence-corrected chi connectivity index (χ4v) is 3.28. The number of carbonyl (C=O) groups excluding carboxylic acids is 1. The second-order valence-electron chi connectivity index (χ2n) is 6.51. The standard InChI is InChI=1S/C15H28N2O/c1-13(14(18)17-10-6-7-11-17)16-12-15(2)8-4-3-5-9-15/h13,16H,3-12H2,1-2H3. The SMILES string of the molecule is CC(NCC1(C)CCCCC1)C(=O)N1CCCC1. The van der Waals surface area contributed by atoms with E-state index in [2.05, 4.69) is 12.2 Å². The van der Waals surface area contributed by atoms with Gasteiger partial charge < -0.3 is 10.2 Å². The lowest BCUT2D eigenvalue weighted by molar-refractivity contribution is -0.132. The molecule has 0 radical (unpaired) electrons. The maximum Gasteiger partial charge on any atom is 0.239 e. The van der Waals surface area contributed by atoms with E-state index in [-0.39, 0.29) is 6.04 Å². The summed E-state index contributed by atoms with van der Waals surface area (Å²) >= 11 is 0. The summed E-state index contributed by atoms with van der Waals surface area (Å²) in [5, 5.41) is 3.48. The second-order valence-corrected chi connectivity index (χ2v) is 6.51. The van der Waals surface area contributed by atoms with Gasteiger partial charge in [-0.1, -0.05) is 26.2 Å². The van der Waals surface area contributed by atoms with E-state index >= 15 is 0 Å². The Bertz CT molecular complexity index is 278. The highest BCUT2D eigenvalue weighted by Crippen LogP contribution is 2.35. The van der Waals surface area contributed by atoms with Crippen LogP contribution in [-0.4, -0.2) is 36.5 Å². The molecule has 1 N–H and O–H groups in total. The first-order chi connectivity index (χ1) is 8.61. The highest BCUT2D eigenvalue weighted by atomic mass is 16.2. The lowest BCUT2D eigenvalue weighted by Gasteiger charge is -2.35. The largest absolute Gasteiger partial charge is 0.341 e. The van der Waals surface area contributed by atoms with Gasteiger partial charge >= 0.3 is 0 Å². The highest BCUT2D eigenvalue weighted by Gasteiger charge is 2.29. The minimum atomic E-state index is -0.0122. The molecule has 0 bridgehead atoms. The molecule has 0 spiro atoms. The number of hydrogen-bond donors (Lipinski definition) is 1. The molecule has 2 fully saturated rings. The molecular weight excluding hydrogens is 224 g/mol. The van der Waals surface area contributed by atoms with Crippen molar-refractivity contribution in [3.05, 3.63) is 0 Å². The molecule has 1 aliphatic carbocycles. The molecule has 1 saturated carbocycles. The Kier molecular flexibility index (Phi) is 4.66. The van der Waals surface area contributed by atoms with Gasteiger partial charge in [0.05, 0.1) is 6.04 Å². The summed E-state index contributed by atoms with van der Waals surface area (Å²) in [7, 11) is 0. The van der Waals surface area contributed by atoms with E-state index < -0.39 is 0 Å². The fourth-order valence-electron chi connectivity index (χ4n) is 3.28. The van der Waals surface area contributed by atoms with Crippen LogP contribution in [0.1, 0.15) is 58.8 Å². The predicted octanol–water partition coefficient (Wildman–Crippen LogP) is 2.56. The van der Waals surface area contributed by atoms with Crippen LogP contribution in [0.15, 0.2) is 0 Å². The Labute approximate surface area is 111 Å². The van der Waals surface area contributed by atoms with Crippen LogP contribution in [-0.2, 0) is 4.79 Å². The van der Waals surface area contributed by atoms with Gasteiger partial charge in [0.25, 0.3) is 0 Å². The molecule has 1 atom stereocenters. The highest BCUT2D eigenvalue weighted by molar-refractivity contribution is 5.81. The summed E-state index contributed by atoms with van der Waals surface area (Å²) in [6.07, 6.45) is 9.07. The van der Waals surface area contributed by atoms with Gasteiger partial charge in [-0.2, -0.15) is 0 Å². The Morgan fingerprint density at radius 3 is 2.39 bits per heavy atom. The molecule has 104 valence electrons. The second kappa shape index (κ2) is 6.05. The molecule has 1 amide bonds. The normalized spacial score (nSPS) is 25.1. The zero-order chi connectivity index (χ0) is 13.0. The van der Waals surface area contributed by atoms with Crippen LogP contribution in [0.5, 0.6) is 0 Å². The van der Waals surface area contributed by atoms with E-state index in [1.165, 1.54) is 44.9 Å². The van der Waals surface area contributed by atoms with E-state index in [1.54, 1.807) is 0 Å². The molecule has 2 aliphatic rings. The van der Waals surface area contributed by atoms with Gasteiger partial charge in [0.15, 0.2) is 0 Å². The van der Waals surface area contributed by atoms with E-state index in [4.69, 9.17) is 0 Å². The number of carbonyl (C=O) groups is 1. The third kappa shape index (κ3) is 3.47. The topological polar surface area (TPSA) is 32.3 Å². The average molecular weight is 252 g/mol. The molecule has 1 heterocycles. The van der Waals surface area contributed by atoms with Gasteiger partial charge in [0.2, 0.25) is 5.91 Å². The Hall–Kier alpha value is -0.570. The summed E-state index contributed by atoms with van der Waals surface area (Å²) in [6.45, 7) is 7.30. The molecule has 0 aromatic carbocycles.